The summed E-state index contributed by atoms with van der Waals surface area (Å²) in [6.45, 7) is 0. The van der Waals surface area contributed by atoms with Gasteiger partial charge in [-0.05, 0) is 42.5 Å². The highest BCUT2D eigenvalue weighted by molar-refractivity contribution is 7.99. The zero-order chi connectivity index (χ0) is 21.9. The number of benzene rings is 1. The summed E-state index contributed by atoms with van der Waals surface area (Å²) in [7, 11) is 0. The number of aliphatic carboxylic acids is 1. The zero-order valence-electron chi connectivity index (χ0n) is 15.8. The summed E-state index contributed by atoms with van der Waals surface area (Å²) >= 11 is 1.33. The second kappa shape index (κ2) is 6.98. The van der Waals surface area contributed by atoms with Gasteiger partial charge in [0.05, 0.1) is 22.5 Å². The van der Waals surface area contributed by atoms with Gasteiger partial charge in [-0.3, -0.25) is 9.36 Å². The number of alkyl halides is 3. The Kier molecular flexibility index (Phi) is 4.47. The first-order valence-electron chi connectivity index (χ1n) is 9.49. The molecule has 0 amide bonds. The monoisotopic (exact) mass is 448 g/mol. The second-order valence-electron chi connectivity index (χ2n) is 7.52. The largest absolute Gasteiger partial charge is 0.480 e. The molecule has 0 spiro atoms. The van der Waals surface area contributed by atoms with Gasteiger partial charge in [-0.25, -0.2) is 9.48 Å². The minimum atomic E-state index is -4.48. The molecule has 160 valence electrons. The Morgan fingerprint density at radius 1 is 1.23 bits per heavy atom. The van der Waals surface area contributed by atoms with E-state index in [0.29, 0.717) is 16.3 Å². The molecule has 1 saturated carbocycles. The number of thioether (sulfide) groups is 1. The molecule has 0 bridgehead atoms. The number of hydrogen-bond acceptors (Lipinski definition) is 5. The van der Waals surface area contributed by atoms with Gasteiger partial charge in [0.2, 0.25) is 0 Å². The van der Waals surface area contributed by atoms with Gasteiger partial charge in [0.15, 0.2) is 0 Å². The van der Waals surface area contributed by atoms with Crippen LogP contribution in [0.15, 0.2) is 46.3 Å². The van der Waals surface area contributed by atoms with Crippen LogP contribution in [0.25, 0.3) is 16.9 Å². The van der Waals surface area contributed by atoms with Crippen LogP contribution in [0.4, 0.5) is 13.2 Å². The van der Waals surface area contributed by atoms with E-state index in [0.717, 1.165) is 30.5 Å². The van der Waals surface area contributed by atoms with E-state index in [1.54, 1.807) is 0 Å². The molecule has 31 heavy (non-hydrogen) atoms. The van der Waals surface area contributed by atoms with Crippen molar-refractivity contribution in [1.82, 2.24) is 19.6 Å². The number of hydrogen-bond donors (Lipinski definition) is 1. The van der Waals surface area contributed by atoms with Crippen LogP contribution in [-0.2, 0) is 11.0 Å². The minimum absolute atomic E-state index is 0.190. The van der Waals surface area contributed by atoms with Crippen LogP contribution in [-0.4, -0.2) is 36.4 Å². The van der Waals surface area contributed by atoms with Crippen LogP contribution in [0, 0.1) is 0 Å². The number of aromatic nitrogens is 4. The molecule has 1 aliphatic heterocycles. The highest BCUT2D eigenvalue weighted by Gasteiger charge is 2.38. The van der Waals surface area contributed by atoms with Crippen LogP contribution in [0.1, 0.15) is 35.9 Å². The van der Waals surface area contributed by atoms with E-state index in [9.17, 15) is 27.9 Å². The maximum absolute atomic E-state index is 13.0. The number of carboxylic acids is 1. The average Bonchev–Trinajstić information content (AvgIpc) is 3.25. The number of rotatable bonds is 4. The Bertz CT molecular complexity index is 1260. The molecule has 1 atom stereocenters. The Balaban J connectivity index is 1.60. The Hall–Kier alpha value is -3.08. The van der Waals surface area contributed by atoms with Gasteiger partial charge in [0.1, 0.15) is 11.7 Å². The summed E-state index contributed by atoms with van der Waals surface area (Å²) in [5, 5.41) is 18.1. The van der Waals surface area contributed by atoms with Crippen LogP contribution in [0.3, 0.4) is 0 Å². The van der Waals surface area contributed by atoms with Gasteiger partial charge in [-0.15, -0.1) is 16.9 Å². The molecule has 1 aliphatic carbocycles. The summed E-state index contributed by atoms with van der Waals surface area (Å²) in [5.74, 6) is -0.598. The zero-order valence-corrected chi connectivity index (χ0v) is 16.7. The van der Waals surface area contributed by atoms with Crippen molar-refractivity contribution < 1.29 is 23.1 Å². The maximum Gasteiger partial charge on any atom is 0.416 e. The van der Waals surface area contributed by atoms with Gasteiger partial charge >= 0.3 is 12.1 Å². The van der Waals surface area contributed by atoms with Gasteiger partial charge in [-0.1, -0.05) is 11.3 Å². The van der Waals surface area contributed by atoms with Crippen LogP contribution in [0.2, 0.25) is 0 Å². The predicted molar refractivity (Wildman–Crippen MR) is 105 cm³/mol. The van der Waals surface area contributed by atoms with Crippen LogP contribution < -0.4 is 5.56 Å². The molecule has 2 aliphatic rings. The van der Waals surface area contributed by atoms with E-state index in [-0.39, 0.29) is 17.4 Å². The van der Waals surface area contributed by atoms with Gasteiger partial charge in [-0.2, -0.15) is 13.2 Å². The van der Waals surface area contributed by atoms with Crippen molar-refractivity contribution in [3.05, 3.63) is 58.0 Å². The van der Waals surface area contributed by atoms with Crippen molar-refractivity contribution >= 4 is 17.7 Å². The van der Waals surface area contributed by atoms with E-state index in [1.165, 1.54) is 45.4 Å². The lowest BCUT2D eigenvalue weighted by atomic mass is 10.0. The first-order valence-corrected chi connectivity index (χ1v) is 10.5. The van der Waals surface area contributed by atoms with Crippen molar-refractivity contribution in [2.75, 3.05) is 5.75 Å². The lowest BCUT2D eigenvalue weighted by Gasteiger charge is -2.14. The molecule has 1 unspecified atom stereocenters. The number of fused-ring (bicyclic) bond motifs is 1. The fourth-order valence-corrected chi connectivity index (χ4v) is 5.18. The first kappa shape index (κ1) is 19.9. The Labute approximate surface area is 177 Å². The van der Waals surface area contributed by atoms with Crippen molar-refractivity contribution in [3.8, 4) is 16.9 Å². The van der Waals surface area contributed by atoms with Crippen molar-refractivity contribution in [1.29, 1.82) is 0 Å². The molecule has 2 aromatic heterocycles. The van der Waals surface area contributed by atoms with Gasteiger partial charge in [0.25, 0.3) is 5.56 Å². The third-order valence-electron chi connectivity index (χ3n) is 5.41. The molecule has 3 heterocycles. The molecule has 1 fully saturated rings. The fraction of sp³-hybridized carbons (Fsp3) is 0.300. The third kappa shape index (κ3) is 3.42. The number of nitrogens with zero attached hydrogens (tertiary/aromatic N) is 4. The molecule has 11 heteroatoms. The normalized spacial score (nSPS) is 18.2. The van der Waals surface area contributed by atoms with Crippen LogP contribution in [0.5, 0.6) is 0 Å². The average molecular weight is 448 g/mol. The maximum atomic E-state index is 13.0. The topological polar surface area (TPSA) is 90.0 Å². The molecule has 1 aromatic carbocycles. The number of carboxylic acid groups (broad SMARTS) is 1. The highest BCUT2D eigenvalue weighted by Crippen LogP contribution is 2.50. The molecule has 1 N–H and O–H groups in total. The summed E-state index contributed by atoms with van der Waals surface area (Å²) in [6, 6.07) is 5.18. The Morgan fingerprint density at radius 3 is 2.68 bits per heavy atom. The Morgan fingerprint density at radius 2 is 2.00 bits per heavy atom. The standard InChI is InChI=1S/C20H15F3N4O3S/c21-20(22,23)11-2-1-3-12(6-11)26-8-14(24-25-26)13-7-16(28)27-15(19(29)30)9-31-18(27)17(13)10-4-5-10/h1-3,6-8,10,15H,4-5,9H2,(H,29,30). The summed E-state index contributed by atoms with van der Waals surface area (Å²) in [4.78, 5) is 24.3. The highest BCUT2D eigenvalue weighted by atomic mass is 32.2. The second-order valence-corrected chi connectivity index (χ2v) is 8.53. The smallest absolute Gasteiger partial charge is 0.416 e. The van der Waals surface area contributed by atoms with E-state index in [1.807, 2.05) is 0 Å². The number of carbonyl (C=O) groups is 1. The van der Waals surface area contributed by atoms with Crippen LogP contribution >= 0.6 is 11.8 Å². The molecular formula is C20H15F3N4O3S. The van der Waals surface area contributed by atoms with E-state index in [2.05, 4.69) is 10.3 Å². The lowest BCUT2D eigenvalue weighted by molar-refractivity contribution is -0.140. The van der Waals surface area contributed by atoms with E-state index >= 15 is 0 Å². The third-order valence-corrected chi connectivity index (χ3v) is 6.58. The molecular weight excluding hydrogens is 433 g/mol. The minimum Gasteiger partial charge on any atom is -0.480 e. The van der Waals surface area contributed by atoms with Crippen molar-refractivity contribution in [3.63, 3.8) is 0 Å². The van der Waals surface area contributed by atoms with Gasteiger partial charge in [0, 0.05) is 17.4 Å². The van der Waals surface area contributed by atoms with E-state index in [4.69, 9.17) is 0 Å². The number of pyridine rings is 1. The molecule has 5 rings (SSSR count). The molecule has 3 aromatic rings. The fourth-order valence-electron chi connectivity index (χ4n) is 3.79. The van der Waals surface area contributed by atoms with Gasteiger partial charge < -0.3 is 5.11 Å². The number of halogens is 3. The SMILES string of the molecule is O=C(O)C1CSc2c(C3CC3)c(-c3cn(-c4cccc(C(F)(F)F)c4)nn3)cc(=O)n21. The van der Waals surface area contributed by atoms with E-state index < -0.39 is 29.3 Å². The summed E-state index contributed by atoms with van der Waals surface area (Å²) in [5.41, 5.74) is 0.729. The lowest BCUT2D eigenvalue weighted by Crippen LogP contribution is -2.29. The van der Waals surface area contributed by atoms with Crippen molar-refractivity contribution in [2.24, 2.45) is 0 Å². The predicted octanol–water partition coefficient (Wildman–Crippen LogP) is 3.72. The molecule has 7 nitrogen and oxygen atoms in total. The quantitative estimate of drug-likeness (QED) is 0.654. The first-order chi connectivity index (χ1) is 14.7. The van der Waals surface area contributed by atoms with Crippen molar-refractivity contribution in [2.45, 2.75) is 36.0 Å². The summed E-state index contributed by atoms with van der Waals surface area (Å²) in [6.07, 6.45) is -1.16. The summed E-state index contributed by atoms with van der Waals surface area (Å²) < 4.78 is 41.7. The molecule has 0 saturated heterocycles. The molecule has 0 radical (unpaired) electrons.